The molecule has 1 N–H and O–H groups in total. The summed E-state index contributed by atoms with van der Waals surface area (Å²) < 4.78 is 41.0. The lowest BCUT2D eigenvalue weighted by atomic mass is 10.0. The minimum atomic E-state index is -2.43. The van der Waals surface area contributed by atoms with Gasteiger partial charge in [0.1, 0.15) is 19.8 Å². The third-order valence-corrected chi connectivity index (χ3v) is 3.87. The molecule has 1 heterocycles. The van der Waals surface area contributed by atoms with E-state index in [0.717, 1.165) is 10.0 Å². The van der Waals surface area contributed by atoms with Crippen molar-refractivity contribution in [1.29, 1.82) is 0 Å². The number of hydrogen-bond donors (Lipinski definition) is 1. The van der Waals surface area contributed by atoms with Crippen LogP contribution in [-0.4, -0.2) is 39.9 Å². The topological polar surface area (TPSA) is 39.7 Å². The second-order valence-corrected chi connectivity index (χ2v) is 5.47. The van der Waals surface area contributed by atoms with Crippen LogP contribution in [0, 0.1) is 0 Å². The lowest BCUT2D eigenvalue weighted by Gasteiger charge is -2.23. The summed E-state index contributed by atoms with van der Waals surface area (Å²) in [5.74, 6) is 1.41. The number of nitrogens with one attached hydrogen (secondary N) is 1. The third kappa shape index (κ3) is 4.52. The van der Waals surface area contributed by atoms with Gasteiger partial charge >= 0.3 is 0 Å². The van der Waals surface area contributed by atoms with Crippen LogP contribution < -0.4 is 14.8 Å². The van der Waals surface area contributed by atoms with Gasteiger partial charge in [0.05, 0.1) is 0 Å². The van der Waals surface area contributed by atoms with E-state index in [4.69, 9.17) is 14.2 Å². The normalized spacial score (nSPS) is 15.3. The lowest BCUT2D eigenvalue weighted by molar-refractivity contribution is 0.0145. The van der Waals surface area contributed by atoms with Crippen molar-refractivity contribution in [3.63, 3.8) is 0 Å². The van der Waals surface area contributed by atoms with Crippen LogP contribution in [0.25, 0.3) is 0 Å². The summed E-state index contributed by atoms with van der Waals surface area (Å²) in [5.41, 5.74) is 0.988. The van der Waals surface area contributed by atoms with Gasteiger partial charge in [-0.2, -0.15) is 0 Å². The minimum absolute atomic E-state index is 0.0205. The zero-order chi connectivity index (χ0) is 15.2. The van der Waals surface area contributed by atoms with Crippen LogP contribution >= 0.6 is 15.9 Å². The average Bonchev–Trinajstić information content (AvgIpc) is 2.47. The van der Waals surface area contributed by atoms with Crippen molar-refractivity contribution >= 4 is 15.9 Å². The Bertz CT molecular complexity index is 474. The summed E-state index contributed by atoms with van der Waals surface area (Å²) in [6.45, 7) is 0.793. The molecule has 0 radical (unpaired) electrons. The second-order valence-electron chi connectivity index (χ2n) is 4.61. The Balaban J connectivity index is 2.03. The number of fused-ring (bicyclic) bond motifs is 1. The van der Waals surface area contributed by atoms with Crippen molar-refractivity contribution in [2.45, 2.75) is 18.9 Å². The molecule has 0 saturated carbocycles. The predicted molar refractivity (Wildman–Crippen MR) is 78.4 cm³/mol. The fourth-order valence-corrected chi connectivity index (χ4v) is 2.77. The van der Waals surface area contributed by atoms with Crippen LogP contribution in [0.4, 0.5) is 8.78 Å². The van der Waals surface area contributed by atoms with Gasteiger partial charge in [-0.25, -0.2) is 8.78 Å². The van der Waals surface area contributed by atoms with E-state index < -0.39 is 13.0 Å². The summed E-state index contributed by atoms with van der Waals surface area (Å²) in [6.07, 6.45) is -1.85. The van der Waals surface area contributed by atoms with E-state index in [1.807, 2.05) is 19.2 Å². The van der Waals surface area contributed by atoms with Gasteiger partial charge in [-0.15, -0.1) is 0 Å². The predicted octanol–water partition coefficient (Wildman–Crippen LogP) is 3.15. The van der Waals surface area contributed by atoms with Crippen LogP contribution in [0.5, 0.6) is 11.5 Å². The van der Waals surface area contributed by atoms with Gasteiger partial charge in [-0.05, 0) is 31.2 Å². The fraction of sp³-hybridized carbons (Fsp3) is 0.571. The maximum atomic E-state index is 12.0. The highest BCUT2D eigenvalue weighted by Gasteiger charge is 2.19. The van der Waals surface area contributed by atoms with E-state index in [-0.39, 0.29) is 12.6 Å². The number of rotatable bonds is 7. The maximum Gasteiger partial charge on any atom is 0.261 e. The van der Waals surface area contributed by atoms with Gasteiger partial charge in [0.15, 0.2) is 11.5 Å². The van der Waals surface area contributed by atoms with E-state index in [0.29, 0.717) is 31.1 Å². The first kappa shape index (κ1) is 16.5. The number of alkyl halides is 2. The van der Waals surface area contributed by atoms with Crippen LogP contribution in [0.1, 0.15) is 18.0 Å². The monoisotopic (exact) mass is 365 g/mol. The standard InChI is InChI=1S/C14H18BrF2NO3/c1-18-11(2-3-19-8-14(16)17)9-6-12-13(7-10(9)15)21-5-4-20-12/h6-7,11,14,18H,2-5,8H2,1H3. The van der Waals surface area contributed by atoms with Gasteiger partial charge in [-0.3, -0.25) is 0 Å². The van der Waals surface area contributed by atoms with Crippen molar-refractivity contribution in [3.05, 3.63) is 22.2 Å². The molecule has 118 valence electrons. The van der Waals surface area contributed by atoms with E-state index in [1.54, 1.807) is 0 Å². The van der Waals surface area contributed by atoms with Crippen LogP contribution in [0.2, 0.25) is 0 Å². The summed E-state index contributed by atoms with van der Waals surface area (Å²) in [7, 11) is 1.82. The highest BCUT2D eigenvalue weighted by molar-refractivity contribution is 9.10. The Morgan fingerprint density at radius 3 is 2.57 bits per heavy atom. The Hall–Kier alpha value is -0.920. The Morgan fingerprint density at radius 1 is 1.29 bits per heavy atom. The largest absolute Gasteiger partial charge is 0.486 e. The molecular formula is C14H18BrF2NO3. The zero-order valence-electron chi connectivity index (χ0n) is 11.7. The zero-order valence-corrected chi connectivity index (χ0v) is 13.3. The first-order chi connectivity index (χ1) is 10.1. The van der Waals surface area contributed by atoms with Gasteiger partial charge < -0.3 is 19.5 Å². The molecule has 7 heteroatoms. The molecule has 1 aromatic carbocycles. The second kappa shape index (κ2) is 7.91. The average molecular weight is 366 g/mol. The van der Waals surface area contributed by atoms with Crippen LogP contribution in [-0.2, 0) is 4.74 Å². The summed E-state index contributed by atoms with van der Waals surface area (Å²) in [4.78, 5) is 0. The molecule has 1 unspecified atom stereocenters. The first-order valence-electron chi connectivity index (χ1n) is 6.74. The fourth-order valence-electron chi connectivity index (χ4n) is 2.18. The molecule has 1 atom stereocenters. The quantitative estimate of drug-likeness (QED) is 0.753. The van der Waals surface area contributed by atoms with Gasteiger partial charge in [0.25, 0.3) is 6.43 Å². The first-order valence-corrected chi connectivity index (χ1v) is 7.53. The lowest BCUT2D eigenvalue weighted by Crippen LogP contribution is -2.21. The van der Waals surface area contributed by atoms with Crippen molar-refractivity contribution < 1.29 is 23.0 Å². The molecule has 0 saturated heterocycles. The molecular weight excluding hydrogens is 348 g/mol. The van der Waals surface area contributed by atoms with E-state index in [9.17, 15) is 8.78 Å². The minimum Gasteiger partial charge on any atom is -0.486 e. The van der Waals surface area contributed by atoms with Gasteiger partial charge in [-0.1, -0.05) is 15.9 Å². The van der Waals surface area contributed by atoms with Crippen molar-refractivity contribution in [2.75, 3.05) is 33.5 Å². The molecule has 0 aromatic heterocycles. The smallest absolute Gasteiger partial charge is 0.261 e. The molecule has 4 nitrogen and oxygen atoms in total. The Kier molecular flexibility index (Phi) is 6.20. The van der Waals surface area contributed by atoms with Crippen molar-refractivity contribution in [3.8, 4) is 11.5 Å². The van der Waals surface area contributed by atoms with Crippen molar-refractivity contribution in [1.82, 2.24) is 5.32 Å². The number of halogens is 3. The number of benzene rings is 1. The Morgan fingerprint density at radius 2 is 1.95 bits per heavy atom. The SMILES string of the molecule is CNC(CCOCC(F)F)c1cc2c(cc1Br)OCCO2. The molecule has 0 aliphatic carbocycles. The van der Waals surface area contributed by atoms with E-state index >= 15 is 0 Å². The third-order valence-electron chi connectivity index (χ3n) is 3.18. The number of ether oxygens (including phenoxy) is 3. The van der Waals surface area contributed by atoms with Crippen LogP contribution in [0.3, 0.4) is 0 Å². The molecule has 0 bridgehead atoms. The maximum absolute atomic E-state index is 12.0. The molecule has 1 aromatic rings. The summed E-state index contributed by atoms with van der Waals surface area (Å²) in [5, 5.41) is 3.16. The summed E-state index contributed by atoms with van der Waals surface area (Å²) in [6, 6.07) is 3.76. The molecule has 0 spiro atoms. The molecule has 1 aliphatic heterocycles. The molecule has 21 heavy (non-hydrogen) atoms. The van der Waals surface area contributed by atoms with Crippen LogP contribution in [0.15, 0.2) is 16.6 Å². The van der Waals surface area contributed by atoms with E-state index in [1.165, 1.54) is 0 Å². The molecule has 1 aliphatic rings. The molecule has 0 fully saturated rings. The van der Waals surface area contributed by atoms with Gasteiger partial charge in [0, 0.05) is 17.1 Å². The highest BCUT2D eigenvalue weighted by Crippen LogP contribution is 2.38. The Labute approximate surface area is 130 Å². The van der Waals surface area contributed by atoms with Gasteiger partial charge in [0.2, 0.25) is 0 Å². The number of hydrogen-bond acceptors (Lipinski definition) is 4. The van der Waals surface area contributed by atoms with Crippen molar-refractivity contribution in [2.24, 2.45) is 0 Å². The molecule has 2 rings (SSSR count). The summed E-state index contributed by atoms with van der Waals surface area (Å²) >= 11 is 3.51. The highest BCUT2D eigenvalue weighted by atomic mass is 79.9. The molecule has 0 amide bonds. The van der Waals surface area contributed by atoms with E-state index in [2.05, 4.69) is 21.2 Å².